The number of rotatable bonds is 9. The highest BCUT2D eigenvalue weighted by Crippen LogP contribution is 2.35. The molecule has 0 aliphatic carbocycles. The molecule has 1 saturated heterocycles. The molecule has 0 atom stereocenters. The zero-order valence-electron chi connectivity index (χ0n) is 17.4. The number of carbonyl (C=O) groups excluding carboxylic acids is 1. The molecule has 1 aliphatic rings. The van der Waals surface area contributed by atoms with Crippen LogP contribution in [0.4, 0.5) is 5.69 Å². The number of ether oxygens (including phenoxy) is 1. The Morgan fingerprint density at radius 3 is 2.55 bits per heavy atom. The van der Waals surface area contributed by atoms with Crippen molar-refractivity contribution < 1.29 is 19.4 Å². The molecule has 0 saturated carbocycles. The fourth-order valence-electron chi connectivity index (χ4n) is 3.20. The van der Waals surface area contributed by atoms with Gasteiger partial charge >= 0.3 is 5.97 Å². The molecular weight excluding hydrogens is 432 g/mol. The third-order valence-electron chi connectivity index (χ3n) is 4.82. The molecular formula is C23H24N2O4S2. The van der Waals surface area contributed by atoms with Crippen LogP contribution in [0.5, 0.6) is 5.75 Å². The molecule has 2 aromatic rings. The number of aliphatic carboxylic acids is 1. The van der Waals surface area contributed by atoms with Gasteiger partial charge in [-0.1, -0.05) is 54.3 Å². The first kappa shape index (κ1) is 22.8. The summed E-state index contributed by atoms with van der Waals surface area (Å²) in [5.41, 5.74) is 2.81. The van der Waals surface area contributed by atoms with Crippen molar-refractivity contribution >= 4 is 51.9 Å². The van der Waals surface area contributed by atoms with E-state index in [4.69, 9.17) is 22.1 Å². The van der Waals surface area contributed by atoms with Gasteiger partial charge in [0.15, 0.2) is 0 Å². The van der Waals surface area contributed by atoms with E-state index >= 15 is 0 Å². The topological polar surface area (TPSA) is 70.1 Å². The number of amides is 1. The third-order valence-corrected chi connectivity index (χ3v) is 6.19. The summed E-state index contributed by atoms with van der Waals surface area (Å²) in [6.07, 6.45) is 1.72. The molecule has 8 heteroatoms. The van der Waals surface area contributed by atoms with Crippen molar-refractivity contribution in [3.63, 3.8) is 0 Å². The van der Waals surface area contributed by atoms with Crippen molar-refractivity contribution in [2.45, 2.75) is 20.5 Å². The van der Waals surface area contributed by atoms with Gasteiger partial charge in [-0.2, -0.15) is 0 Å². The van der Waals surface area contributed by atoms with E-state index in [1.165, 1.54) is 0 Å². The van der Waals surface area contributed by atoms with Crippen LogP contribution in [0.2, 0.25) is 0 Å². The highest BCUT2D eigenvalue weighted by molar-refractivity contribution is 8.26. The van der Waals surface area contributed by atoms with Gasteiger partial charge in [0.1, 0.15) is 23.2 Å². The van der Waals surface area contributed by atoms with Gasteiger partial charge in [0.25, 0.3) is 5.91 Å². The lowest BCUT2D eigenvalue weighted by Gasteiger charge is -2.22. The Kier molecular flexibility index (Phi) is 7.70. The number of thiocarbonyl (C=S) groups is 1. The maximum absolute atomic E-state index is 12.7. The zero-order chi connectivity index (χ0) is 22.4. The van der Waals surface area contributed by atoms with Crippen LogP contribution in [0, 0.1) is 0 Å². The molecule has 1 heterocycles. The summed E-state index contributed by atoms with van der Waals surface area (Å²) in [5, 5.41) is 9.03. The van der Waals surface area contributed by atoms with Crippen LogP contribution >= 0.6 is 24.0 Å². The lowest BCUT2D eigenvalue weighted by atomic mass is 10.1. The van der Waals surface area contributed by atoms with Crippen molar-refractivity contribution in [3.8, 4) is 5.75 Å². The fourth-order valence-corrected chi connectivity index (χ4v) is 4.45. The molecule has 3 rings (SSSR count). The number of hydrogen-bond acceptors (Lipinski definition) is 6. The molecule has 31 heavy (non-hydrogen) atoms. The first-order valence-corrected chi connectivity index (χ1v) is 11.2. The lowest BCUT2D eigenvalue weighted by Crippen LogP contribution is -2.33. The summed E-state index contributed by atoms with van der Waals surface area (Å²) >= 11 is 6.29. The van der Waals surface area contributed by atoms with Crippen LogP contribution in [0.1, 0.15) is 25.0 Å². The molecule has 1 N–H and O–H groups in total. The summed E-state index contributed by atoms with van der Waals surface area (Å²) in [5.74, 6) is -0.857. The highest BCUT2D eigenvalue weighted by Gasteiger charge is 2.33. The van der Waals surface area contributed by atoms with Gasteiger partial charge in [0.05, 0.1) is 4.91 Å². The van der Waals surface area contributed by atoms with Gasteiger partial charge in [-0.25, -0.2) is 0 Å². The molecule has 0 unspecified atom stereocenters. The van der Waals surface area contributed by atoms with E-state index in [0.717, 1.165) is 46.6 Å². The van der Waals surface area contributed by atoms with E-state index in [1.807, 2.05) is 48.5 Å². The highest BCUT2D eigenvalue weighted by atomic mass is 32.2. The Hall–Kier alpha value is -2.84. The summed E-state index contributed by atoms with van der Waals surface area (Å²) in [7, 11) is 0. The minimum Gasteiger partial charge on any atom is -0.488 e. The van der Waals surface area contributed by atoms with Gasteiger partial charge in [-0.15, -0.1) is 0 Å². The summed E-state index contributed by atoms with van der Waals surface area (Å²) < 4.78 is 6.38. The molecule has 1 aliphatic heterocycles. The van der Waals surface area contributed by atoms with Crippen LogP contribution in [-0.4, -0.2) is 45.8 Å². The summed E-state index contributed by atoms with van der Waals surface area (Å²) in [4.78, 5) is 27.4. The van der Waals surface area contributed by atoms with Crippen molar-refractivity contribution in [1.29, 1.82) is 0 Å². The van der Waals surface area contributed by atoms with E-state index in [0.29, 0.717) is 17.3 Å². The first-order valence-electron chi connectivity index (χ1n) is 9.95. The maximum Gasteiger partial charge on any atom is 0.323 e. The summed E-state index contributed by atoms with van der Waals surface area (Å²) in [6, 6.07) is 15.7. The molecule has 6 nitrogen and oxygen atoms in total. The van der Waals surface area contributed by atoms with Crippen molar-refractivity contribution in [3.05, 3.63) is 64.6 Å². The average Bonchev–Trinajstić information content (AvgIpc) is 3.02. The molecule has 162 valence electrons. The van der Waals surface area contributed by atoms with Crippen LogP contribution < -0.4 is 9.64 Å². The number of anilines is 1. The van der Waals surface area contributed by atoms with E-state index in [1.54, 1.807) is 6.08 Å². The SMILES string of the molecule is CCN(CC)c1ccc(/C=C2\SC(=S)N(CC(=O)O)C2=O)c(OCc2ccccc2)c1. The van der Waals surface area contributed by atoms with Crippen LogP contribution in [0.3, 0.4) is 0 Å². The average molecular weight is 457 g/mol. The van der Waals surface area contributed by atoms with Gasteiger partial charge in [-0.05, 0) is 37.6 Å². The first-order chi connectivity index (χ1) is 14.9. The second-order valence-electron chi connectivity index (χ2n) is 6.83. The number of carboxylic acids is 1. The van der Waals surface area contributed by atoms with Crippen molar-refractivity contribution in [2.24, 2.45) is 0 Å². The maximum atomic E-state index is 12.7. The van der Waals surface area contributed by atoms with E-state index in [-0.39, 0.29) is 4.32 Å². The van der Waals surface area contributed by atoms with E-state index in [9.17, 15) is 9.59 Å². The lowest BCUT2D eigenvalue weighted by molar-refractivity contribution is -0.140. The standard InChI is InChI=1S/C23H24N2O4S2/c1-3-24(4-2)18-11-10-17(19(13-18)29-15-16-8-6-5-7-9-16)12-20-22(28)25(14-21(26)27)23(30)31-20/h5-13H,3-4,14-15H2,1-2H3,(H,26,27)/b20-12-. The molecule has 0 spiro atoms. The molecule has 1 fully saturated rings. The molecule has 0 aromatic heterocycles. The Morgan fingerprint density at radius 2 is 1.90 bits per heavy atom. The number of thioether (sulfide) groups is 1. The van der Waals surface area contributed by atoms with Crippen LogP contribution in [0.15, 0.2) is 53.4 Å². The zero-order valence-corrected chi connectivity index (χ0v) is 19.0. The monoisotopic (exact) mass is 456 g/mol. The normalized spacial score (nSPS) is 14.9. The number of carbonyl (C=O) groups is 2. The number of hydrogen-bond donors (Lipinski definition) is 1. The third kappa shape index (κ3) is 5.65. The Labute approximate surface area is 191 Å². The van der Waals surface area contributed by atoms with Crippen molar-refractivity contribution in [1.82, 2.24) is 4.90 Å². The van der Waals surface area contributed by atoms with E-state index < -0.39 is 18.4 Å². The number of nitrogens with zero attached hydrogens (tertiary/aromatic N) is 2. The van der Waals surface area contributed by atoms with Crippen LogP contribution in [0.25, 0.3) is 6.08 Å². The largest absolute Gasteiger partial charge is 0.488 e. The van der Waals surface area contributed by atoms with Gasteiger partial charge in [0, 0.05) is 30.4 Å². The van der Waals surface area contributed by atoms with E-state index in [2.05, 4.69) is 18.7 Å². The quantitative estimate of drug-likeness (QED) is 0.443. The Morgan fingerprint density at radius 1 is 1.19 bits per heavy atom. The second kappa shape index (κ2) is 10.5. The van der Waals surface area contributed by atoms with Gasteiger partial charge in [-0.3, -0.25) is 14.5 Å². The predicted molar refractivity (Wildman–Crippen MR) is 128 cm³/mol. The van der Waals surface area contributed by atoms with Crippen molar-refractivity contribution in [2.75, 3.05) is 24.5 Å². The Bertz CT molecular complexity index is 1000. The number of benzene rings is 2. The smallest absolute Gasteiger partial charge is 0.323 e. The Balaban J connectivity index is 1.92. The molecule has 0 radical (unpaired) electrons. The van der Waals surface area contributed by atoms with Gasteiger partial charge in [0.2, 0.25) is 0 Å². The minimum absolute atomic E-state index is 0.241. The predicted octanol–water partition coefficient (Wildman–Crippen LogP) is 4.40. The molecule has 2 aromatic carbocycles. The minimum atomic E-state index is -1.10. The fraction of sp³-hybridized carbons (Fsp3) is 0.261. The van der Waals surface area contributed by atoms with Gasteiger partial charge < -0.3 is 14.7 Å². The molecule has 1 amide bonds. The summed E-state index contributed by atoms with van der Waals surface area (Å²) in [6.45, 7) is 5.86. The molecule has 0 bridgehead atoms. The van der Waals surface area contributed by atoms with Crippen LogP contribution in [-0.2, 0) is 16.2 Å². The second-order valence-corrected chi connectivity index (χ2v) is 8.51. The number of carboxylic acid groups (broad SMARTS) is 1.